The lowest BCUT2D eigenvalue weighted by atomic mass is 10.2. The molecule has 0 aliphatic carbocycles. The minimum absolute atomic E-state index is 0.0464. The first-order chi connectivity index (χ1) is 12.3. The molecule has 132 valence electrons. The summed E-state index contributed by atoms with van der Waals surface area (Å²) in [5.74, 6) is -0.426. The van der Waals surface area contributed by atoms with Crippen LogP contribution in [-0.2, 0) is 11.3 Å². The van der Waals surface area contributed by atoms with Gasteiger partial charge in [0, 0.05) is 12.1 Å². The van der Waals surface area contributed by atoms with Crippen molar-refractivity contribution in [1.82, 2.24) is 4.90 Å². The molecule has 0 saturated carbocycles. The lowest BCUT2D eigenvalue weighted by Gasteiger charge is -2.12. The number of benzene rings is 2. The van der Waals surface area contributed by atoms with Crippen LogP contribution in [0.5, 0.6) is 0 Å². The maximum Gasteiger partial charge on any atom is 0.293 e. The molecule has 3 rings (SSSR count). The topological polar surface area (TPSA) is 80.5 Å². The van der Waals surface area contributed by atoms with Crippen LogP contribution in [0.4, 0.5) is 10.5 Å². The highest BCUT2D eigenvalue weighted by Gasteiger charge is 2.35. The second-order valence-electron chi connectivity index (χ2n) is 5.36. The second kappa shape index (κ2) is 7.49. The SMILES string of the molecule is O=C1S/C(=C\c2ccc([N+](=O)[O-])cc2)C(=O)N1Cc1ccc(Cl)c(Cl)c1. The molecule has 6 nitrogen and oxygen atoms in total. The van der Waals surface area contributed by atoms with Gasteiger partial charge in [-0.15, -0.1) is 0 Å². The molecule has 0 unspecified atom stereocenters. The lowest BCUT2D eigenvalue weighted by Crippen LogP contribution is -2.27. The van der Waals surface area contributed by atoms with Crippen LogP contribution in [0.25, 0.3) is 6.08 Å². The van der Waals surface area contributed by atoms with Gasteiger partial charge in [0.05, 0.1) is 26.4 Å². The molecule has 2 aromatic rings. The summed E-state index contributed by atoms with van der Waals surface area (Å²) < 4.78 is 0. The zero-order valence-electron chi connectivity index (χ0n) is 13.0. The molecule has 1 aliphatic heterocycles. The number of carbonyl (C=O) groups is 2. The molecule has 0 bridgehead atoms. The number of carbonyl (C=O) groups excluding carboxylic acids is 2. The van der Waals surface area contributed by atoms with Crippen LogP contribution in [0.2, 0.25) is 10.0 Å². The molecule has 1 heterocycles. The van der Waals surface area contributed by atoms with E-state index in [-0.39, 0.29) is 17.1 Å². The zero-order valence-corrected chi connectivity index (χ0v) is 15.3. The predicted octanol–water partition coefficient (Wildman–Crippen LogP) is 5.14. The van der Waals surface area contributed by atoms with E-state index >= 15 is 0 Å². The van der Waals surface area contributed by atoms with Crippen LogP contribution in [0, 0.1) is 10.1 Å². The van der Waals surface area contributed by atoms with E-state index in [1.54, 1.807) is 18.2 Å². The van der Waals surface area contributed by atoms with Gasteiger partial charge in [-0.1, -0.05) is 29.3 Å². The van der Waals surface area contributed by atoms with E-state index in [9.17, 15) is 19.7 Å². The summed E-state index contributed by atoms with van der Waals surface area (Å²) in [4.78, 5) is 36.2. The molecule has 1 saturated heterocycles. The molecule has 0 atom stereocenters. The zero-order chi connectivity index (χ0) is 18.8. The standard InChI is InChI=1S/C17H10Cl2N2O4S/c18-13-6-3-11(7-14(13)19)9-20-16(22)15(26-17(20)23)8-10-1-4-12(5-2-10)21(24)25/h1-8H,9H2/b15-8-. The number of nitro groups is 1. The van der Waals surface area contributed by atoms with E-state index in [4.69, 9.17) is 23.2 Å². The molecule has 26 heavy (non-hydrogen) atoms. The molecule has 1 aliphatic rings. The van der Waals surface area contributed by atoms with Gasteiger partial charge in [-0.25, -0.2) is 0 Å². The van der Waals surface area contributed by atoms with Gasteiger partial charge >= 0.3 is 0 Å². The quantitative estimate of drug-likeness (QED) is 0.397. The summed E-state index contributed by atoms with van der Waals surface area (Å²) in [6.45, 7) is 0.0825. The van der Waals surface area contributed by atoms with Crippen LogP contribution in [0.1, 0.15) is 11.1 Å². The molecule has 2 amide bonds. The van der Waals surface area contributed by atoms with Gasteiger partial charge < -0.3 is 0 Å². The smallest absolute Gasteiger partial charge is 0.268 e. The van der Waals surface area contributed by atoms with Crippen LogP contribution in [0.3, 0.4) is 0 Å². The Morgan fingerprint density at radius 1 is 1.08 bits per heavy atom. The number of amides is 2. The first kappa shape index (κ1) is 18.4. The molecular formula is C17H10Cl2N2O4S. The molecule has 0 aromatic heterocycles. The molecule has 2 aromatic carbocycles. The highest BCUT2D eigenvalue weighted by molar-refractivity contribution is 8.18. The Kier molecular flexibility index (Phi) is 5.31. The summed E-state index contributed by atoms with van der Waals surface area (Å²) in [7, 11) is 0. The highest BCUT2D eigenvalue weighted by Crippen LogP contribution is 2.34. The van der Waals surface area contributed by atoms with E-state index in [1.807, 2.05) is 0 Å². The largest absolute Gasteiger partial charge is 0.293 e. The number of nitrogens with zero attached hydrogens (tertiary/aromatic N) is 2. The van der Waals surface area contributed by atoms with E-state index in [2.05, 4.69) is 0 Å². The third-order valence-corrected chi connectivity index (χ3v) is 5.25. The Labute approximate surface area is 162 Å². The van der Waals surface area contributed by atoms with Gasteiger partial charge in [0.15, 0.2) is 0 Å². The molecule has 9 heteroatoms. The summed E-state index contributed by atoms with van der Waals surface area (Å²) >= 11 is 12.6. The summed E-state index contributed by atoms with van der Waals surface area (Å²) in [5.41, 5.74) is 1.23. The van der Waals surface area contributed by atoms with Gasteiger partial charge in [-0.05, 0) is 53.2 Å². The van der Waals surface area contributed by atoms with E-state index in [1.165, 1.54) is 30.3 Å². The van der Waals surface area contributed by atoms with Crippen LogP contribution < -0.4 is 0 Å². The van der Waals surface area contributed by atoms with Crippen LogP contribution >= 0.6 is 35.0 Å². The first-order valence-corrected chi connectivity index (χ1v) is 8.86. The Morgan fingerprint density at radius 3 is 2.38 bits per heavy atom. The molecule has 0 N–H and O–H groups in total. The molecular weight excluding hydrogens is 399 g/mol. The normalized spacial score (nSPS) is 15.8. The van der Waals surface area contributed by atoms with Crippen LogP contribution in [-0.4, -0.2) is 21.0 Å². The molecule has 0 spiro atoms. The number of hydrogen-bond donors (Lipinski definition) is 0. The van der Waals surface area contributed by atoms with Crippen molar-refractivity contribution in [3.05, 3.63) is 78.7 Å². The number of rotatable bonds is 4. The number of non-ortho nitro benzene ring substituents is 1. The van der Waals surface area contributed by atoms with Gasteiger partial charge in [-0.3, -0.25) is 24.6 Å². The first-order valence-electron chi connectivity index (χ1n) is 7.29. The number of halogens is 2. The third-order valence-electron chi connectivity index (χ3n) is 3.60. The van der Waals surface area contributed by atoms with Gasteiger partial charge in [0.2, 0.25) is 0 Å². The fourth-order valence-electron chi connectivity index (χ4n) is 2.30. The van der Waals surface area contributed by atoms with E-state index < -0.39 is 16.1 Å². The predicted molar refractivity (Wildman–Crippen MR) is 101 cm³/mol. The van der Waals surface area contributed by atoms with Crippen molar-refractivity contribution in [2.45, 2.75) is 6.54 Å². The van der Waals surface area contributed by atoms with Gasteiger partial charge in [-0.2, -0.15) is 0 Å². The van der Waals surface area contributed by atoms with Crippen molar-refractivity contribution in [3.8, 4) is 0 Å². The van der Waals surface area contributed by atoms with E-state index in [0.717, 1.165) is 16.7 Å². The monoisotopic (exact) mass is 408 g/mol. The minimum Gasteiger partial charge on any atom is -0.268 e. The van der Waals surface area contributed by atoms with Crippen molar-refractivity contribution >= 4 is 57.9 Å². The second-order valence-corrected chi connectivity index (χ2v) is 7.17. The Hall–Kier alpha value is -2.35. The van der Waals surface area contributed by atoms with E-state index in [0.29, 0.717) is 21.2 Å². The Balaban J connectivity index is 1.79. The number of hydrogen-bond acceptors (Lipinski definition) is 5. The summed E-state index contributed by atoms with van der Waals surface area (Å²) in [6.07, 6.45) is 1.53. The van der Waals surface area contributed by atoms with Crippen molar-refractivity contribution in [2.75, 3.05) is 0 Å². The van der Waals surface area contributed by atoms with Gasteiger partial charge in [0.1, 0.15) is 0 Å². The summed E-state index contributed by atoms with van der Waals surface area (Å²) in [6, 6.07) is 10.6. The third kappa shape index (κ3) is 3.90. The van der Waals surface area contributed by atoms with Crippen molar-refractivity contribution in [1.29, 1.82) is 0 Å². The van der Waals surface area contributed by atoms with Gasteiger partial charge in [0.25, 0.3) is 16.8 Å². The van der Waals surface area contributed by atoms with Crippen molar-refractivity contribution in [2.24, 2.45) is 0 Å². The van der Waals surface area contributed by atoms with Crippen molar-refractivity contribution < 1.29 is 14.5 Å². The Bertz CT molecular complexity index is 944. The average Bonchev–Trinajstić information content (AvgIpc) is 2.86. The highest BCUT2D eigenvalue weighted by atomic mass is 35.5. The summed E-state index contributed by atoms with van der Waals surface area (Å²) in [5, 5.41) is 11.0. The minimum atomic E-state index is -0.505. The average molecular weight is 409 g/mol. The number of imide groups is 1. The number of thioether (sulfide) groups is 1. The fraction of sp³-hybridized carbons (Fsp3) is 0.0588. The maximum atomic E-state index is 12.5. The van der Waals surface area contributed by atoms with Crippen LogP contribution in [0.15, 0.2) is 47.4 Å². The number of nitro benzene ring substituents is 1. The lowest BCUT2D eigenvalue weighted by molar-refractivity contribution is -0.384. The van der Waals surface area contributed by atoms with Crippen molar-refractivity contribution in [3.63, 3.8) is 0 Å². The fourth-order valence-corrected chi connectivity index (χ4v) is 3.46. The molecule has 1 fully saturated rings. The maximum absolute atomic E-state index is 12.5. The molecule has 0 radical (unpaired) electrons. The Morgan fingerprint density at radius 2 is 1.77 bits per heavy atom.